The van der Waals surface area contributed by atoms with E-state index >= 15 is 0 Å². The molecule has 0 bridgehead atoms. The van der Waals surface area contributed by atoms with Gasteiger partial charge in [-0.25, -0.2) is 0 Å². The summed E-state index contributed by atoms with van der Waals surface area (Å²) in [7, 11) is 0. The third-order valence-corrected chi connectivity index (χ3v) is 5.12. The number of thiophene rings is 1. The first kappa shape index (κ1) is 18.4. The van der Waals surface area contributed by atoms with Crippen LogP contribution in [0.5, 0.6) is 0 Å². The summed E-state index contributed by atoms with van der Waals surface area (Å²) in [6.07, 6.45) is 3.33. The zero-order valence-corrected chi connectivity index (χ0v) is 15.1. The zero-order valence-electron chi connectivity index (χ0n) is 14.2. The van der Waals surface area contributed by atoms with Gasteiger partial charge in [-0.15, -0.1) is 11.3 Å². The highest BCUT2D eigenvalue weighted by atomic mass is 32.1. The SMILES string of the molecule is CC(C)(CC(=O)O)CC(=O)c1ccc(CCCc2ccccc2)s1. The molecular formula is C20H24O3S. The molecule has 0 aliphatic rings. The molecule has 1 heterocycles. The molecule has 0 aliphatic carbocycles. The molecule has 4 heteroatoms. The number of aryl methyl sites for hydroxylation is 2. The molecule has 1 aromatic carbocycles. The molecule has 0 atom stereocenters. The Morgan fingerprint density at radius 2 is 1.71 bits per heavy atom. The molecule has 1 aromatic heterocycles. The highest BCUT2D eigenvalue weighted by Gasteiger charge is 2.26. The van der Waals surface area contributed by atoms with Crippen LogP contribution in [0.3, 0.4) is 0 Å². The van der Waals surface area contributed by atoms with Crippen molar-refractivity contribution in [2.45, 2.75) is 46.0 Å². The van der Waals surface area contributed by atoms with Crippen LogP contribution in [0, 0.1) is 5.41 Å². The van der Waals surface area contributed by atoms with Gasteiger partial charge < -0.3 is 5.11 Å². The van der Waals surface area contributed by atoms with Gasteiger partial charge in [-0.3, -0.25) is 9.59 Å². The Hall–Kier alpha value is -1.94. The van der Waals surface area contributed by atoms with E-state index in [1.165, 1.54) is 21.8 Å². The van der Waals surface area contributed by atoms with Gasteiger partial charge in [-0.05, 0) is 42.4 Å². The minimum absolute atomic E-state index is 0.00798. The summed E-state index contributed by atoms with van der Waals surface area (Å²) in [6.45, 7) is 3.65. The van der Waals surface area contributed by atoms with E-state index in [1.807, 2.05) is 32.0 Å². The van der Waals surface area contributed by atoms with Crippen molar-refractivity contribution >= 4 is 23.1 Å². The number of aliphatic carboxylic acids is 1. The Morgan fingerprint density at radius 1 is 1.00 bits per heavy atom. The standard InChI is InChI=1S/C20H24O3S/c1-20(2,14-19(22)23)13-17(21)18-12-11-16(24-18)10-6-9-15-7-4-3-5-8-15/h3-5,7-8,11-12H,6,9-10,13-14H2,1-2H3,(H,22,23). The van der Waals surface area contributed by atoms with E-state index in [2.05, 4.69) is 24.3 Å². The van der Waals surface area contributed by atoms with Gasteiger partial charge in [0.05, 0.1) is 11.3 Å². The van der Waals surface area contributed by atoms with Gasteiger partial charge in [0.25, 0.3) is 0 Å². The van der Waals surface area contributed by atoms with Crippen molar-refractivity contribution in [1.82, 2.24) is 0 Å². The van der Waals surface area contributed by atoms with Crippen LogP contribution in [0.25, 0.3) is 0 Å². The molecule has 0 amide bonds. The molecule has 0 saturated heterocycles. The van der Waals surface area contributed by atoms with Crippen molar-refractivity contribution < 1.29 is 14.7 Å². The number of carbonyl (C=O) groups excluding carboxylic acids is 1. The molecule has 0 unspecified atom stereocenters. The largest absolute Gasteiger partial charge is 0.481 e. The second-order valence-electron chi connectivity index (χ2n) is 6.94. The highest BCUT2D eigenvalue weighted by Crippen LogP contribution is 2.29. The summed E-state index contributed by atoms with van der Waals surface area (Å²) in [5.74, 6) is -0.818. The molecular weight excluding hydrogens is 320 g/mol. The summed E-state index contributed by atoms with van der Waals surface area (Å²) in [6, 6.07) is 14.3. The second-order valence-corrected chi connectivity index (χ2v) is 8.11. The number of carboxylic acid groups (broad SMARTS) is 1. The maximum Gasteiger partial charge on any atom is 0.303 e. The van der Waals surface area contributed by atoms with E-state index < -0.39 is 11.4 Å². The van der Waals surface area contributed by atoms with Crippen LogP contribution in [-0.4, -0.2) is 16.9 Å². The minimum Gasteiger partial charge on any atom is -0.481 e. The number of hydrogen-bond donors (Lipinski definition) is 1. The van der Waals surface area contributed by atoms with Gasteiger partial charge in [0, 0.05) is 11.3 Å². The maximum absolute atomic E-state index is 12.4. The van der Waals surface area contributed by atoms with Crippen molar-refractivity contribution in [1.29, 1.82) is 0 Å². The van der Waals surface area contributed by atoms with E-state index in [0.29, 0.717) is 0 Å². The monoisotopic (exact) mass is 344 g/mol. The predicted octanol–water partition coefficient (Wildman–Crippen LogP) is 5.00. The lowest BCUT2D eigenvalue weighted by Gasteiger charge is -2.20. The molecule has 2 aromatic rings. The van der Waals surface area contributed by atoms with Crippen molar-refractivity contribution in [2.75, 3.05) is 0 Å². The van der Waals surface area contributed by atoms with Crippen LogP contribution in [0.15, 0.2) is 42.5 Å². The molecule has 1 N–H and O–H groups in total. The quantitative estimate of drug-likeness (QED) is 0.652. The van der Waals surface area contributed by atoms with Crippen LogP contribution >= 0.6 is 11.3 Å². The van der Waals surface area contributed by atoms with Crippen molar-refractivity contribution in [3.63, 3.8) is 0 Å². The third kappa shape index (κ3) is 5.93. The Bertz CT molecular complexity index is 686. The molecule has 0 aliphatic heterocycles. The highest BCUT2D eigenvalue weighted by molar-refractivity contribution is 7.14. The van der Waals surface area contributed by atoms with Crippen LogP contribution in [0.4, 0.5) is 0 Å². The van der Waals surface area contributed by atoms with E-state index in [9.17, 15) is 9.59 Å². The van der Waals surface area contributed by atoms with Gasteiger partial charge >= 0.3 is 5.97 Å². The normalized spacial score (nSPS) is 11.4. The van der Waals surface area contributed by atoms with E-state index in [0.717, 1.165) is 24.1 Å². The number of benzene rings is 1. The molecule has 128 valence electrons. The molecule has 0 saturated carbocycles. The van der Waals surface area contributed by atoms with Gasteiger partial charge in [-0.1, -0.05) is 44.2 Å². The van der Waals surface area contributed by atoms with Crippen molar-refractivity contribution in [2.24, 2.45) is 5.41 Å². The lowest BCUT2D eigenvalue weighted by Crippen LogP contribution is -2.20. The average Bonchev–Trinajstić information content (AvgIpc) is 2.95. The smallest absolute Gasteiger partial charge is 0.303 e. The summed E-state index contributed by atoms with van der Waals surface area (Å²) in [5, 5.41) is 8.92. The fourth-order valence-electron chi connectivity index (χ4n) is 2.77. The molecule has 2 rings (SSSR count). The minimum atomic E-state index is -0.861. The van der Waals surface area contributed by atoms with Crippen LogP contribution in [0.2, 0.25) is 0 Å². The summed E-state index contributed by atoms with van der Waals surface area (Å²) >= 11 is 1.54. The first-order valence-electron chi connectivity index (χ1n) is 8.23. The summed E-state index contributed by atoms with van der Waals surface area (Å²) in [4.78, 5) is 25.2. The van der Waals surface area contributed by atoms with Gasteiger partial charge in [0.15, 0.2) is 5.78 Å². The maximum atomic E-state index is 12.4. The number of hydrogen-bond acceptors (Lipinski definition) is 3. The third-order valence-electron chi connectivity index (χ3n) is 3.94. The van der Waals surface area contributed by atoms with Crippen molar-refractivity contribution in [3.8, 4) is 0 Å². The zero-order chi connectivity index (χ0) is 17.6. The Morgan fingerprint density at radius 3 is 2.38 bits per heavy atom. The molecule has 0 radical (unpaired) electrons. The molecule has 0 fully saturated rings. The summed E-state index contributed by atoms with van der Waals surface area (Å²) < 4.78 is 0. The van der Waals surface area contributed by atoms with Gasteiger partial charge in [0.2, 0.25) is 0 Å². The Kier molecular flexibility index (Phi) is 6.32. The predicted molar refractivity (Wildman–Crippen MR) is 97.8 cm³/mol. The van der Waals surface area contributed by atoms with E-state index in [-0.39, 0.29) is 18.6 Å². The van der Waals surface area contributed by atoms with Gasteiger partial charge in [0.1, 0.15) is 0 Å². The second kappa shape index (κ2) is 8.25. The first-order valence-corrected chi connectivity index (χ1v) is 9.05. The lowest BCUT2D eigenvalue weighted by atomic mass is 9.84. The number of Topliss-reactive ketones (excluding diaryl/α,β-unsaturated/α-hetero) is 1. The molecule has 0 spiro atoms. The average molecular weight is 344 g/mol. The molecule has 24 heavy (non-hydrogen) atoms. The van der Waals surface area contributed by atoms with Crippen LogP contribution < -0.4 is 0 Å². The van der Waals surface area contributed by atoms with E-state index in [1.54, 1.807) is 0 Å². The van der Waals surface area contributed by atoms with Crippen LogP contribution in [0.1, 0.15) is 53.2 Å². The van der Waals surface area contributed by atoms with Crippen LogP contribution in [-0.2, 0) is 17.6 Å². The van der Waals surface area contributed by atoms with Crippen molar-refractivity contribution in [3.05, 3.63) is 57.8 Å². The number of rotatable bonds is 9. The number of carboxylic acids is 1. The fraction of sp³-hybridized carbons (Fsp3) is 0.400. The van der Waals surface area contributed by atoms with E-state index in [4.69, 9.17) is 5.11 Å². The Balaban J connectivity index is 1.85. The number of carbonyl (C=O) groups is 2. The topological polar surface area (TPSA) is 54.4 Å². The number of ketones is 1. The summed E-state index contributed by atoms with van der Waals surface area (Å²) in [5.41, 5.74) is 0.821. The lowest BCUT2D eigenvalue weighted by molar-refractivity contribution is -0.139. The fourth-order valence-corrected chi connectivity index (χ4v) is 3.75. The molecule has 3 nitrogen and oxygen atoms in total. The Labute approximate surface area is 147 Å². The first-order chi connectivity index (χ1) is 11.4. The van der Waals surface area contributed by atoms with Gasteiger partial charge in [-0.2, -0.15) is 0 Å².